The van der Waals surface area contributed by atoms with Crippen molar-refractivity contribution in [2.75, 3.05) is 20.1 Å². The monoisotopic (exact) mass is 172 g/mol. The van der Waals surface area contributed by atoms with Crippen molar-refractivity contribution in [2.24, 2.45) is 5.92 Å². The highest BCUT2D eigenvalue weighted by atomic mass is 16.3. The highest BCUT2D eigenvalue weighted by molar-refractivity contribution is 5.77. The normalized spacial score (nSPS) is 18.8. The van der Waals surface area contributed by atoms with Crippen molar-refractivity contribution in [2.45, 2.75) is 18.9 Å². The van der Waals surface area contributed by atoms with Gasteiger partial charge in [-0.25, -0.2) is 0 Å². The van der Waals surface area contributed by atoms with Crippen molar-refractivity contribution in [3.8, 4) is 0 Å². The molecule has 1 fully saturated rings. The third-order valence-electron chi connectivity index (χ3n) is 2.08. The van der Waals surface area contributed by atoms with E-state index in [9.17, 15) is 9.90 Å². The second kappa shape index (κ2) is 4.42. The first kappa shape index (κ1) is 9.48. The first-order valence-corrected chi connectivity index (χ1v) is 4.33. The van der Waals surface area contributed by atoms with E-state index in [4.69, 9.17) is 0 Å². The van der Waals surface area contributed by atoms with Gasteiger partial charge in [0.05, 0.1) is 12.6 Å². The molecule has 0 aliphatic heterocycles. The lowest BCUT2D eigenvalue weighted by Gasteiger charge is -2.09. The van der Waals surface area contributed by atoms with Crippen LogP contribution in [0.15, 0.2) is 0 Å². The number of carbonyl (C=O) groups is 1. The topological polar surface area (TPSA) is 61.4 Å². The van der Waals surface area contributed by atoms with Crippen molar-refractivity contribution < 1.29 is 9.90 Å². The minimum atomic E-state index is -0.269. The van der Waals surface area contributed by atoms with E-state index in [0.717, 1.165) is 12.8 Å². The summed E-state index contributed by atoms with van der Waals surface area (Å²) in [5, 5.41) is 14.8. The van der Waals surface area contributed by atoms with Gasteiger partial charge in [-0.2, -0.15) is 0 Å². The number of hydrogen-bond donors (Lipinski definition) is 3. The van der Waals surface area contributed by atoms with E-state index in [1.165, 1.54) is 0 Å². The van der Waals surface area contributed by atoms with Crippen LogP contribution in [-0.4, -0.2) is 37.3 Å². The Hall–Kier alpha value is -0.610. The Kier molecular flexibility index (Phi) is 3.49. The van der Waals surface area contributed by atoms with Crippen LogP contribution < -0.4 is 10.6 Å². The maximum Gasteiger partial charge on any atom is 0.233 e. The van der Waals surface area contributed by atoms with Gasteiger partial charge in [0.15, 0.2) is 0 Å². The van der Waals surface area contributed by atoms with E-state index in [2.05, 4.69) is 10.6 Å². The first-order chi connectivity index (χ1) is 5.74. The van der Waals surface area contributed by atoms with Crippen LogP contribution in [0.3, 0.4) is 0 Å². The molecule has 0 heterocycles. The smallest absolute Gasteiger partial charge is 0.233 e. The fraction of sp³-hybridized carbons (Fsp3) is 0.875. The summed E-state index contributed by atoms with van der Waals surface area (Å²) in [5.41, 5.74) is 0. The molecule has 0 aromatic rings. The van der Waals surface area contributed by atoms with Crippen molar-refractivity contribution in [3.63, 3.8) is 0 Å². The summed E-state index contributed by atoms with van der Waals surface area (Å²) < 4.78 is 0. The SMILES string of the molecule is CNC(=O)CNCC(O)C1CC1. The van der Waals surface area contributed by atoms with E-state index in [0.29, 0.717) is 19.0 Å². The van der Waals surface area contributed by atoms with Crippen LogP contribution in [0.5, 0.6) is 0 Å². The molecule has 0 aromatic heterocycles. The van der Waals surface area contributed by atoms with Gasteiger partial charge in [0.25, 0.3) is 0 Å². The van der Waals surface area contributed by atoms with Gasteiger partial charge in [-0.1, -0.05) is 0 Å². The predicted molar refractivity (Wildman–Crippen MR) is 45.7 cm³/mol. The molecule has 1 atom stereocenters. The highest BCUT2D eigenvalue weighted by Crippen LogP contribution is 2.32. The zero-order valence-electron chi connectivity index (χ0n) is 7.34. The zero-order chi connectivity index (χ0) is 8.97. The largest absolute Gasteiger partial charge is 0.392 e. The van der Waals surface area contributed by atoms with Crippen LogP contribution in [0.2, 0.25) is 0 Å². The number of likely N-dealkylation sites (N-methyl/N-ethyl adjacent to an activating group) is 1. The average molecular weight is 172 g/mol. The van der Waals surface area contributed by atoms with Crippen molar-refractivity contribution in [1.29, 1.82) is 0 Å². The Bertz CT molecular complexity index is 157. The number of aliphatic hydroxyl groups is 1. The third kappa shape index (κ3) is 3.19. The van der Waals surface area contributed by atoms with Crippen LogP contribution in [0, 0.1) is 5.92 Å². The van der Waals surface area contributed by atoms with Gasteiger partial charge in [-0.05, 0) is 18.8 Å². The summed E-state index contributed by atoms with van der Waals surface area (Å²) in [7, 11) is 1.60. The van der Waals surface area contributed by atoms with Gasteiger partial charge < -0.3 is 15.7 Å². The van der Waals surface area contributed by atoms with Gasteiger partial charge >= 0.3 is 0 Å². The molecule has 1 saturated carbocycles. The molecule has 1 unspecified atom stereocenters. The Morgan fingerprint density at radius 1 is 1.67 bits per heavy atom. The maximum absolute atomic E-state index is 10.7. The number of carbonyl (C=O) groups excluding carboxylic acids is 1. The van der Waals surface area contributed by atoms with Gasteiger partial charge in [-0.3, -0.25) is 4.79 Å². The first-order valence-electron chi connectivity index (χ1n) is 4.33. The van der Waals surface area contributed by atoms with Gasteiger partial charge in [-0.15, -0.1) is 0 Å². The maximum atomic E-state index is 10.7. The van der Waals surface area contributed by atoms with Gasteiger partial charge in [0.1, 0.15) is 0 Å². The summed E-state index contributed by atoms with van der Waals surface area (Å²) in [6.07, 6.45) is 1.99. The van der Waals surface area contributed by atoms with Gasteiger partial charge in [0.2, 0.25) is 5.91 Å². The second-order valence-electron chi connectivity index (χ2n) is 3.21. The van der Waals surface area contributed by atoms with Gasteiger partial charge in [0, 0.05) is 13.6 Å². The molecule has 4 nitrogen and oxygen atoms in total. The molecule has 70 valence electrons. The zero-order valence-corrected chi connectivity index (χ0v) is 7.34. The van der Waals surface area contributed by atoms with Crippen LogP contribution in [0.1, 0.15) is 12.8 Å². The number of aliphatic hydroxyl groups excluding tert-OH is 1. The Balaban J connectivity index is 1.97. The molecular weight excluding hydrogens is 156 g/mol. The number of rotatable bonds is 5. The Morgan fingerprint density at radius 2 is 2.33 bits per heavy atom. The molecule has 0 saturated heterocycles. The highest BCUT2D eigenvalue weighted by Gasteiger charge is 2.29. The second-order valence-corrected chi connectivity index (χ2v) is 3.21. The minimum Gasteiger partial charge on any atom is -0.392 e. The van der Waals surface area contributed by atoms with Crippen LogP contribution in [-0.2, 0) is 4.79 Å². The molecule has 12 heavy (non-hydrogen) atoms. The van der Waals surface area contributed by atoms with Crippen LogP contribution in [0.4, 0.5) is 0 Å². The lowest BCUT2D eigenvalue weighted by molar-refractivity contribution is -0.119. The molecule has 1 amide bonds. The summed E-state index contributed by atoms with van der Waals surface area (Å²) in [4.78, 5) is 10.7. The lowest BCUT2D eigenvalue weighted by atomic mass is 10.2. The average Bonchev–Trinajstić information content (AvgIpc) is 2.86. The molecule has 0 spiro atoms. The van der Waals surface area contributed by atoms with Crippen LogP contribution >= 0.6 is 0 Å². The molecule has 0 aromatic carbocycles. The van der Waals surface area contributed by atoms with Crippen molar-refractivity contribution in [3.05, 3.63) is 0 Å². The molecule has 0 radical (unpaired) electrons. The molecule has 1 rings (SSSR count). The fourth-order valence-corrected chi connectivity index (χ4v) is 1.07. The summed E-state index contributed by atoms with van der Waals surface area (Å²) >= 11 is 0. The summed E-state index contributed by atoms with van der Waals surface area (Å²) in [6.45, 7) is 0.818. The predicted octanol–water partition coefficient (Wildman–Crippen LogP) is -0.907. The lowest BCUT2D eigenvalue weighted by Crippen LogP contribution is -2.36. The van der Waals surface area contributed by atoms with E-state index in [1.807, 2.05) is 0 Å². The van der Waals surface area contributed by atoms with Crippen LogP contribution in [0.25, 0.3) is 0 Å². The van der Waals surface area contributed by atoms with E-state index in [1.54, 1.807) is 7.05 Å². The number of amides is 1. The number of hydrogen-bond acceptors (Lipinski definition) is 3. The standard InChI is InChI=1S/C8H16N2O2/c1-9-8(12)5-10-4-7(11)6-2-3-6/h6-7,10-11H,2-5H2,1H3,(H,9,12). The Labute approximate surface area is 72.3 Å². The molecule has 4 heteroatoms. The van der Waals surface area contributed by atoms with E-state index < -0.39 is 0 Å². The van der Waals surface area contributed by atoms with Crippen molar-refractivity contribution >= 4 is 5.91 Å². The fourth-order valence-electron chi connectivity index (χ4n) is 1.07. The molecule has 1 aliphatic rings. The van der Waals surface area contributed by atoms with E-state index >= 15 is 0 Å². The van der Waals surface area contributed by atoms with E-state index in [-0.39, 0.29) is 12.0 Å². The molecule has 1 aliphatic carbocycles. The third-order valence-corrected chi connectivity index (χ3v) is 2.08. The minimum absolute atomic E-state index is 0.0435. The quantitative estimate of drug-likeness (QED) is 0.503. The number of nitrogens with one attached hydrogen (secondary N) is 2. The van der Waals surface area contributed by atoms with Crippen molar-refractivity contribution in [1.82, 2.24) is 10.6 Å². The molecule has 3 N–H and O–H groups in total. The summed E-state index contributed by atoms with van der Waals surface area (Å²) in [6, 6.07) is 0. The molecular formula is C8H16N2O2. The Morgan fingerprint density at radius 3 is 2.83 bits per heavy atom. The molecule has 0 bridgehead atoms. The summed E-state index contributed by atoms with van der Waals surface area (Å²) in [5.74, 6) is 0.431.